The van der Waals surface area contributed by atoms with E-state index in [2.05, 4.69) is 0 Å². The zero-order valence-electron chi connectivity index (χ0n) is 9.31. The molecule has 0 aliphatic rings. The molecule has 1 amide bonds. The molecule has 3 nitrogen and oxygen atoms in total. The van der Waals surface area contributed by atoms with Gasteiger partial charge < -0.3 is 10.6 Å². The summed E-state index contributed by atoms with van der Waals surface area (Å²) in [6.07, 6.45) is 0. The Morgan fingerprint density at radius 2 is 1.94 bits per heavy atom. The molecule has 0 aliphatic carbocycles. The van der Waals surface area contributed by atoms with Crippen molar-refractivity contribution in [2.45, 2.75) is 19.9 Å². The van der Waals surface area contributed by atoms with E-state index in [1.165, 1.54) is 17.0 Å². The van der Waals surface area contributed by atoms with Gasteiger partial charge in [-0.2, -0.15) is 0 Å². The minimum Gasteiger partial charge on any atom is -0.320 e. The van der Waals surface area contributed by atoms with Gasteiger partial charge in [-0.05, 0) is 38.1 Å². The molecule has 0 radical (unpaired) electrons. The first kappa shape index (κ1) is 14.9. The number of benzene rings is 1. The highest BCUT2D eigenvalue weighted by atomic mass is 35.5. The second-order valence-electron chi connectivity index (χ2n) is 3.35. The van der Waals surface area contributed by atoms with Crippen molar-refractivity contribution in [3.8, 4) is 0 Å². The van der Waals surface area contributed by atoms with Crippen LogP contribution in [0.3, 0.4) is 0 Å². The number of hydrogen-bond donors (Lipinski definition) is 1. The van der Waals surface area contributed by atoms with Crippen LogP contribution in [0.1, 0.15) is 13.8 Å². The quantitative estimate of drug-likeness (QED) is 0.886. The van der Waals surface area contributed by atoms with Crippen LogP contribution >= 0.6 is 12.4 Å². The fraction of sp³-hybridized carbons (Fsp3) is 0.364. The van der Waals surface area contributed by atoms with Gasteiger partial charge in [0, 0.05) is 12.2 Å². The van der Waals surface area contributed by atoms with E-state index in [0.29, 0.717) is 12.2 Å². The fourth-order valence-corrected chi connectivity index (χ4v) is 1.33. The summed E-state index contributed by atoms with van der Waals surface area (Å²) in [5, 5.41) is 0. The van der Waals surface area contributed by atoms with Gasteiger partial charge in [-0.25, -0.2) is 4.39 Å². The third-order valence-corrected chi connectivity index (χ3v) is 2.11. The summed E-state index contributed by atoms with van der Waals surface area (Å²) in [4.78, 5) is 13.2. The molecular weight excluding hydrogens is 231 g/mol. The van der Waals surface area contributed by atoms with Crippen LogP contribution in [0.4, 0.5) is 10.1 Å². The van der Waals surface area contributed by atoms with Crippen molar-refractivity contribution in [1.29, 1.82) is 0 Å². The Bertz CT molecular complexity index is 340. The van der Waals surface area contributed by atoms with Gasteiger partial charge in [0.2, 0.25) is 5.91 Å². The molecule has 0 saturated carbocycles. The number of likely N-dealkylation sites (N-methyl/N-ethyl adjacent to an activating group) is 1. The van der Waals surface area contributed by atoms with Crippen LogP contribution < -0.4 is 10.6 Å². The third-order valence-electron chi connectivity index (χ3n) is 2.11. The maximum Gasteiger partial charge on any atom is 0.243 e. The molecule has 0 heterocycles. The zero-order chi connectivity index (χ0) is 11.4. The van der Waals surface area contributed by atoms with Crippen molar-refractivity contribution in [1.82, 2.24) is 0 Å². The number of anilines is 1. The number of carbonyl (C=O) groups is 1. The molecule has 0 unspecified atom stereocenters. The predicted octanol–water partition coefficient (Wildman–Crippen LogP) is 1.95. The summed E-state index contributed by atoms with van der Waals surface area (Å²) >= 11 is 0. The zero-order valence-corrected chi connectivity index (χ0v) is 10.1. The molecular formula is C11H16ClFN2O. The molecule has 5 heteroatoms. The first-order valence-electron chi connectivity index (χ1n) is 4.88. The van der Waals surface area contributed by atoms with E-state index < -0.39 is 6.04 Å². The van der Waals surface area contributed by atoms with Crippen molar-refractivity contribution in [3.63, 3.8) is 0 Å². The molecule has 0 bridgehead atoms. The van der Waals surface area contributed by atoms with Crippen LogP contribution in [-0.2, 0) is 4.79 Å². The van der Waals surface area contributed by atoms with Crippen molar-refractivity contribution >= 4 is 24.0 Å². The maximum atomic E-state index is 12.7. The lowest BCUT2D eigenvalue weighted by molar-refractivity contribution is -0.119. The molecule has 0 spiro atoms. The smallest absolute Gasteiger partial charge is 0.243 e. The number of carbonyl (C=O) groups excluding carboxylic acids is 1. The van der Waals surface area contributed by atoms with Gasteiger partial charge in [-0.3, -0.25) is 4.79 Å². The molecule has 1 atom stereocenters. The van der Waals surface area contributed by atoms with Crippen LogP contribution in [0, 0.1) is 5.82 Å². The van der Waals surface area contributed by atoms with Crippen molar-refractivity contribution in [2.24, 2.45) is 5.73 Å². The lowest BCUT2D eigenvalue weighted by Gasteiger charge is -2.22. The lowest BCUT2D eigenvalue weighted by Crippen LogP contribution is -2.42. The van der Waals surface area contributed by atoms with Crippen LogP contribution in [0.5, 0.6) is 0 Å². The summed E-state index contributed by atoms with van der Waals surface area (Å²) in [6, 6.07) is 5.24. The van der Waals surface area contributed by atoms with Crippen LogP contribution in [-0.4, -0.2) is 18.5 Å². The maximum absolute atomic E-state index is 12.7. The minimum atomic E-state index is -0.546. The Hall–Kier alpha value is -1.13. The van der Waals surface area contributed by atoms with Crippen LogP contribution in [0.25, 0.3) is 0 Å². The average molecular weight is 247 g/mol. The van der Waals surface area contributed by atoms with E-state index in [-0.39, 0.29) is 24.1 Å². The highest BCUT2D eigenvalue weighted by molar-refractivity contribution is 5.96. The van der Waals surface area contributed by atoms with Crippen LogP contribution in [0.2, 0.25) is 0 Å². The minimum absolute atomic E-state index is 0. The summed E-state index contributed by atoms with van der Waals surface area (Å²) in [7, 11) is 0. The highest BCUT2D eigenvalue weighted by Gasteiger charge is 2.17. The molecule has 0 fully saturated rings. The van der Waals surface area contributed by atoms with E-state index in [4.69, 9.17) is 5.73 Å². The number of hydrogen-bond acceptors (Lipinski definition) is 2. The average Bonchev–Trinajstić information content (AvgIpc) is 2.21. The molecule has 1 rings (SSSR count). The third kappa shape index (κ3) is 3.47. The lowest BCUT2D eigenvalue weighted by atomic mass is 10.2. The molecule has 16 heavy (non-hydrogen) atoms. The Labute approximate surface area is 101 Å². The van der Waals surface area contributed by atoms with Gasteiger partial charge >= 0.3 is 0 Å². The van der Waals surface area contributed by atoms with Crippen molar-refractivity contribution in [3.05, 3.63) is 30.1 Å². The Kier molecular flexibility index (Phi) is 6.00. The second kappa shape index (κ2) is 6.45. The number of halogens is 2. The number of amides is 1. The molecule has 2 N–H and O–H groups in total. The van der Waals surface area contributed by atoms with Gasteiger partial charge in [-0.15, -0.1) is 12.4 Å². The molecule has 0 aliphatic heterocycles. The monoisotopic (exact) mass is 246 g/mol. The topological polar surface area (TPSA) is 46.3 Å². The summed E-state index contributed by atoms with van der Waals surface area (Å²) in [5.41, 5.74) is 6.18. The number of rotatable bonds is 3. The summed E-state index contributed by atoms with van der Waals surface area (Å²) in [5.74, 6) is -0.479. The van der Waals surface area contributed by atoms with E-state index in [9.17, 15) is 9.18 Å². The second-order valence-corrected chi connectivity index (χ2v) is 3.35. The molecule has 1 aromatic rings. The molecule has 0 saturated heterocycles. The summed E-state index contributed by atoms with van der Waals surface area (Å²) in [6.45, 7) is 4.00. The van der Waals surface area contributed by atoms with E-state index in [1.54, 1.807) is 19.1 Å². The Morgan fingerprint density at radius 1 is 1.44 bits per heavy atom. The number of nitrogens with two attached hydrogens (primary N) is 1. The molecule has 0 aromatic heterocycles. The van der Waals surface area contributed by atoms with E-state index in [0.717, 1.165) is 0 Å². The molecule has 90 valence electrons. The van der Waals surface area contributed by atoms with Gasteiger partial charge in [0.1, 0.15) is 5.82 Å². The van der Waals surface area contributed by atoms with E-state index in [1.807, 2.05) is 6.92 Å². The predicted molar refractivity (Wildman–Crippen MR) is 65.3 cm³/mol. The SMILES string of the molecule is CCN(C(=O)[C@H](C)N)c1ccc(F)cc1.Cl. The van der Waals surface area contributed by atoms with Gasteiger partial charge in [0.05, 0.1) is 6.04 Å². The van der Waals surface area contributed by atoms with Crippen LogP contribution in [0.15, 0.2) is 24.3 Å². The Morgan fingerprint density at radius 3 is 2.31 bits per heavy atom. The largest absolute Gasteiger partial charge is 0.320 e. The number of nitrogens with zero attached hydrogens (tertiary/aromatic N) is 1. The standard InChI is InChI=1S/C11H15FN2O.ClH/c1-3-14(11(15)8(2)13)10-6-4-9(12)5-7-10;/h4-8H,3,13H2,1-2H3;1H/t8-;/m0./s1. The first-order chi connectivity index (χ1) is 7.06. The van der Waals surface area contributed by atoms with Gasteiger partial charge in [0.25, 0.3) is 0 Å². The molecule has 1 aromatic carbocycles. The first-order valence-corrected chi connectivity index (χ1v) is 4.88. The van der Waals surface area contributed by atoms with E-state index >= 15 is 0 Å². The van der Waals surface area contributed by atoms with Gasteiger partial charge in [0.15, 0.2) is 0 Å². The fourth-order valence-electron chi connectivity index (χ4n) is 1.33. The van der Waals surface area contributed by atoms with Crippen molar-refractivity contribution < 1.29 is 9.18 Å². The van der Waals surface area contributed by atoms with Gasteiger partial charge in [-0.1, -0.05) is 0 Å². The normalized spacial score (nSPS) is 11.5. The summed E-state index contributed by atoms with van der Waals surface area (Å²) < 4.78 is 12.7. The van der Waals surface area contributed by atoms with Crippen molar-refractivity contribution in [2.75, 3.05) is 11.4 Å². The Balaban J connectivity index is 0.00000225. The highest BCUT2D eigenvalue weighted by Crippen LogP contribution is 2.15.